The van der Waals surface area contributed by atoms with Gasteiger partial charge < -0.3 is 31.9 Å². The molecule has 8 aliphatic carbocycles. The summed E-state index contributed by atoms with van der Waals surface area (Å²) in [7, 11) is 3.34. The number of ether oxygens (including phenoxy) is 1. The summed E-state index contributed by atoms with van der Waals surface area (Å²) in [5, 5.41) is 22.8. The van der Waals surface area contributed by atoms with E-state index in [0.717, 1.165) is 88.8 Å². The van der Waals surface area contributed by atoms with Crippen molar-refractivity contribution in [1.29, 1.82) is 0 Å². The summed E-state index contributed by atoms with van der Waals surface area (Å²) in [5.74, 6) is 5.59. The number of halogens is 3. The van der Waals surface area contributed by atoms with Crippen LogP contribution in [0.5, 0.6) is 0 Å². The number of fused-ring (bicyclic) bond motifs is 10. The summed E-state index contributed by atoms with van der Waals surface area (Å²) in [6.45, 7) is 19.3. The number of hydrogen-bond donors (Lipinski definition) is 2. The van der Waals surface area contributed by atoms with Crippen molar-refractivity contribution in [3.05, 3.63) is 70.8 Å². The van der Waals surface area contributed by atoms with Crippen molar-refractivity contribution in [2.45, 2.75) is 210 Å². The average molecular weight is 1120 g/mol. The molecular weight excluding hydrogens is 1020 g/mol. The van der Waals surface area contributed by atoms with Gasteiger partial charge in [0.2, 0.25) is 5.91 Å². The van der Waals surface area contributed by atoms with Gasteiger partial charge in [-0.2, -0.15) is 18.2 Å². The van der Waals surface area contributed by atoms with Crippen molar-refractivity contribution in [2.24, 2.45) is 80.8 Å². The number of ketones is 1. The smallest absolute Gasteiger partial charge is 1.00 e. The molecule has 7 nitrogen and oxygen atoms in total. The van der Waals surface area contributed by atoms with Gasteiger partial charge in [-0.1, -0.05) is 61.6 Å². The first kappa shape index (κ1) is 66.0. The number of hydrogen-bond acceptors (Lipinski definition) is 6. The molecule has 0 aromatic heterocycles. The number of aryl methyl sites for hydroxylation is 2. The quantitative estimate of drug-likeness (QED) is 0.137. The predicted octanol–water partition coefficient (Wildman–Crippen LogP) is 11.8. The van der Waals surface area contributed by atoms with Gasteiger partial charge >= 0.3 is 23.1 Å². The van der Waals surface area contributed by atoms with Gasteiger partial charge in [-0.3, -0.25) is 18.8 Å². The van der Waals surface area contributed by atoms with Crippen molar-refractivity contribution < 1.29 is 55.1 Å². The number of Topliss-reactive ketones (excluding diaryl/α,β-unsaturated/α-hetero) is 1. The van der Waals surface area contributed by atoms with E-state index in [-0.39, 0.29) is 101 Å². The Bertz CT molecular complexity index is 2180. The SMILES string of the molecule is C.C.C1CCOC1.CON(C)C(=O)[C@H]1CC[C@H]2[C@@H]3CC[C@@H]4C[C@](C)(O)CC[C@]4(C)[C@H]3CC[C@]12C.Cc1cc[c-]cc1F.Cc1ccc(C(=O)[C@H]2CC[C@H]3[C@@H]4CC[C@@H]5C[C@](C)(O)CC[C@]5(C)[C@H]4CC[C@]23C)cc1F.[Br-].[Mg+2]. The molecule has 0 bridgehead atoms. The molecule has 1 amide bonds. The first-order valence-electron chi connectivity index (χ1n) is 28.2. The molecule has 0 radical (unpaired) electrons. The van der Waals surface area contributed by atoms with E-state index in [1.165, 1.54) is 87.8 Å². The van der Waals surface area contributed by atoms with E-state index in [1.54, 1.807) is 46.2 Å². The number of aliphatic hydroxyl groups is 2. The first-order chi connectivity index (χ1) is 33.5. The Morgan fingerprint density at radius 1 is 0.640 bits per heavy atom. The maximum absolute atomic E-state index is 14.2. The largest absolute Gasteiger partial charge is 2.00 e. The summed E-state index contributed by atoms with van der Waals surface area (Å²) in [6.07, 6.45) is 22.8. The van der Waals surface area contributed by atoms with Crippen LogP contribution in [-0.4, -0.2) is 88.6 Å². The predicted molar refractivity (Wildman–Crippen MR) is 296 cm³/mol. The van der Waals surface area contributed by atoms with Gasteiger partial charge in [-0.25, -0.2) is 9.45 Å². The third-order valence-corrected chi connectivity index (χ3v) is 22.4. The standard InChI is InChI=1S/C28H39FO2.C23H39NO3.C7H6F.C4H8O.2CH4.BrH.Mg/c1-17-5-6-18(15-24(17)29)25(30)23-10-9-21-20-8-7-19-16-26(2,31)13-14-27(19,3)22(20)11-12-28(21,23)4;1-21(26)12-13-22(2)15(14-21)6-7-16-17-8-9-19(20(25)24(4)27-5)23(17,3)11-10-18(16)22;1-6-4-2-3-5-7(6)8;1-2-4-5-3-1;;;;/h5-6,15,19-23,31H,7-14,16H2,1-4H3;15-19,26H,6-14H2,1-5H3;2,4-5H,1H3;1-4H2;2*1H4;1H;/q;;-1;;;;;+2/p-1/t19-,20+,21+,22+,23-,26-,27+,28+;15-,16+,17+,18+,19-,21-,22+,23+;;;;;;/m11....../s1. The van der Waals surface area contributed by atoms with Crippen LogP contribution in [0.3, 0.4) is 0 Å². The zero-order chi connectivity index (χ0) is 51.3. The number of amides is 1. The molecule has 2 N–H and O–H groups in total. The Balaban J connectivity index is 0.000000251. The van der Waals surface area contributed by atoms with E-state index in [1.807, 2.05) is 19.9 Å². The van der Waals surface area contributed by atoms with Crippen LogP contribution in [0, 0.1) is 112 Å². The molecule has 75 heavy (non-hydrogen) atoms. The van der Waals surface area contributed by atoms with E-state index in [4.69, 9.17) is 9.57 Å². The average Bonchev–Trinajstić information content (AvgIpc) is 4.11. The van der Waals surface area contributed by atoms with E-state index in [0.29, 0.717) is 57.1 Å². The van der Waals surface area contributed by atoms with Crippen molar-refractivity contribution in [3.8, 4) is 0 Å². The second kappa shape index (κ2) is 26.0. The summed E-state index contributed by atoms with van der Waals surface area (Å²) >= 11 is 0. The van der Waals surface area contributed by atoms with Gasteiger partial charge in [0.25, 0.3) is 0 Å². The minimum atomic E-state index is -0.492. The normalized spacial score (nSPS) is 40.6. The number of nitrogens with zero attached hydrogens (tertiary/aromatic N) is 1. The maximum Gasteiger partial charge on any atom is 2.00 e. The Hall–Kier alpha value is -1.47. The molecule has 1 aliphatic heterocycles. The Kier molecular flexibility index (Phi) is 22.9. The van der Waals surface area contributed by atoms with Crippen molar-refractivity contribution in [2.75, 3.05) is 27.4 Å². The Morgan fingerprint density at radius 2 is 1.11 bits per heavy atom. The molecule has 2 aromatic rings. The zero-order valence-corrected chi connectivity index (χ0v) is 49.6. The van der Waals surface area contributed by atoms with Gasteiger partial charge in [0.15, 0.2) is 5.78 Å². The van der Waals surface area contributed by atoms with Crippen molar-refractivity contribution in [3.63, 3.8) is 0 Å². The molecule has 1 saturated heterocycles. The van der Waals surface area contributed by atoms with E-state index in [9.17, 15) is 28.6 Å². The maximum atomic E-state index is 14.2. The number of carbonyl (C=O) groups excluding carboxylic acids is 2. The number of benzene rings is 2. The molecule has 0 spiro atoms. The number of carbonyl (C=O) groups is 2. The van der Waals surface area contributed by atoms with Crippen LogP contribution in [0.15, 0.2) is 36.4 Å². The summed E-state index contributed by atoms with van der Waals surface area (Å²) in [4.78, 5) is 31.7. The van der Waals surface area contributed by atoms with Gasteiger partial charge in [0.1, 0.15) is 5.82 Å². The fraction of sp³-hybridized carbons (Fsp3) is 0.781. The first-order valence-corrected chi connectivity index (χ1v) is 28.2. The number of hydroxylamine groups is 2. The topological polar surface area (TPSA) is 96.3 Å². The Labute approximate surface area is 480 Å². The molecule has 420 valence electrons. The molecule has 11 heteroatoms. The summed E-state index contributed by atoms with van der Waals surface area (Å²) < 4.78 is 31.4. The second-order valence-corrected chi connectivity index (χ2v) is 26.4. The fourth-order valence-electron chi connectivity index (χ4n) is 18.0. The van der Waals surface area contributed by atoms with Crippen molar-refractivity contribution in [1.82, 2.24) is 5.06 Å². The van der Waals surface area contributed by atoms with Crippen LogP contribution in [0.1, 0.15) is 206 Å². The van der Waals surface area contributed by atoms with Gasteiger partial charge in [-0.05, 0) is 230 Å². The fourth-order valence-corrected chi connectivity index (χ4v) is 18.0. The second-order valence-electron chi connectivity index (χ2n) is 26.4. The van der Waals surface area contributed by atoms with Gasteiger partial charge in [0, 0.05) is 43.5 Å². The zero-order valence-electron chi connectivity index (χ0n) is 46.6. The van der Waals surface area contributed by atoms with E-state index in [2.05, 4.69) is 33.8 Å². The third kappa shape index (κ3) is 13.2. The molecule has 9 fully saturated rings. The van der Waals surface area contributed by atoms with Gasteiger partial charge in [-0.15, -0.1) is 11.6 Å². The van der Waals surface area contributed by atoms with Crippen LogP contribution < -0.4 is 17.0 Å². The van der Waals surface area contributed by atoms with Crippen molar-refractivity contribution >= 4 is 34.7 Å². The summed E-state index contributed by atoms with van der Waals surface area (Å²) in [6, 6.07) is 12.4. The number of rotatable bonds is 4. The molecule has 8 saturated carbocycles. The molecule has 16 atom stereocenters. The van der Waals surface area contributed by atoms with E-state index >= 15 is 0 Å². The van der Waals surface area contributed by atoms with E-state index < -0.39 is 11.2 Å². The van der Waals surface area contributed by atoms with Crippen LogP contribution in [-0.2, 0) is 14.4 Å². The molecule has 9 aliphatic rings. The molecule has 11 rings (SSSR count). The molecule has 2 aromatic carbocycles. The van der Waals surface area contributed by atoms with Crippen LogP contribution in [0.25, 0.3) is 0 Å². The minimum absolute atomic E-state index is 0. The molecule has 0 unspecified atom stereocenters. The molecular formula is C64H100BrF2MgNO6. The third-order valence-electron chi connectivity index (χ3n) is 22.4. The minimum Gasteiger partial charge on any atom is -1.00 e. The van der Waals surface area contributed by atoms with Gasteiger partial charge in [0.05, 0.1) is 18.3 Å². The summed E-state index contributed by atoms with van der Waals surface area (Å²) in [5.41, 5.74) is 1.78. The monoisotopic (exact) mass is 1120 g/mol. The van der Waals surface area contributed by atoms with Crippen LogP contribution in [0.2, 0.25) is 0 Å². The van der Waals surface area contributed by atoms with Crippen LogP contribution >= 0.6 is 0 Å². The molecule has 1 heterocycles. The van der Waals surface area contributed by atoms with Crippen LogP contribution in [0.4, 0.5) is 8.78 Å². The Morgan fingerprint density at radius 3 is 1.53 bits per heavy atom.